The maximum absolute atomic E-state index is 5.01. The van der Waals surface area contributed by atoms with E-state index in [4.69, 9.17) is 4.98 Å². The molecule has 0 saturated carbocycles. The van der Waals surface area contributed by atoms with Gasteiger partial charge in [-0.05, 0) is 33.2 Å². The van der Waals surface area contributed by atoms with Gasteiger partial charge in [-0.1, -0.05) is 27.7 Å². The molecule has 1 atom stereocenters. The standard InChI is InChI=1S/C17H31N3S/c1-7-9-18-17(8-10-20(12-17)13(2)3)15-19-14(11-21-15)16(4,5)6/h11,13,18H,7-10,12H2,1-6H3. The summed E-state index contributed by atoms with van der Waals surface area (Å²) in [4.78, 5) is 7.58. The molecule has 1 aliphatic rings. The van der Waals surface area contributed by atoms with Crippen LogP contribution in [0.2, 0.25) is 0 Å². The molecule has 0 aliphatic carbocycles. The molecule has 0 spiro atoms. The van der Waals surface area contributed by atoms with E-state index in [1.165, 1.54) is 30.1 Å². The van der Waals surface area contributed by atoms with Crippen molar-refractivity contribution in [3.05, 3.63) is 16.1 Å². The third-order valence-corrected chi connectivity index (χ3v) is 5.47. The largest absolute Gasteiger partial charge is 0.304 e. The number of hydrogen-bond acceptors (Lipinski definition) is 4. The SMILES string of the molecule is CCCNC1(c2nc(C(C)(C)C)cs2)CCN(C(C)C)C1. The van der Waals surface area contributed by atoms with Crippen molar-refractivity contribution in [1.82, 2.24) is 15.2 Å². The van der Waals surface area contributed by atoms with Crippen molar-refractivity contribution in [1.29, 1.82) is 0 Å². The zero-order valence-electron chi connectivity index (χ0n) is 14.5. The molecule has 1 unspecified atom stereocenters. The van der Waals surface area contributed by atoms with Crippen LogP contribution in [0.4, 0.5) is 0 Å². The normalized spacial score (nSPS) is 24.1. The lowest BCUT2D eigenvalue weighted by Gasteiger charge is -2.30. The first-order valence-corrected chi connectivity index (χ1v) is 9.12. The topological polar surface area (TPSA) is 28.2 Å². The van der Waals surface area contributed by atoms with E-state index >= 15 is 0 Å². The molecule has 1 aromatic rings. The summed E-state index contributed by atoms with van der Waals surface area (Å²) < 4.78 is 0. The molecule has 0 aromatic carbocycles. The van der Waals surface area contributed by atoms with Crippen molar-refractivity contribution in [3.8, 4) is 0 Å². The summed E-state index contributed by atoms with van der Waals surface area (Å²) in [7, 11) is 0. The van der Waals surface area contributed by atoms with Crippen molar-refractivity contribution in [2.45, 2.75) is 71.4 Å². The van der Waals surface area contributed by atoms with Crippen LogP contribution in [0.5, 0.6) is 0 Å². The third kappa shape index (κ3) is 3.66. The van der Waals surface area contributed by atoms with Gasteiger partial charge in [-0.3, -0.25) is 4.90 Å². The summed E-state index contributed by atoms with van der Waals surface area (Å²) in [5.41, 5.74) is 1.43. The summed E-state index contributed by atoms with van der Waals surface area (Å²) in [5, 5.41) is 7.35. The average Bonchev–Trinajstić information content (AvgIpc) is 3.03. The minimum Gasteiger partial charge on any atom is -0.304 e. The molecule has 3 nitrogen and oxygen atoms in total. The van der Waals surface area contributed by atoms with Gasteiger partial charge in [0.2, 0.25) is 0 Å². The Morgan fingerprint density at radius 2 is 2.14 bits per heavy atom. The lowest BCUT2D eigenvalue weighted by Crippen LogP contribution is -2.46. The molecule has 0 radical (unpaired) electrons. The summed E-state index contributed by atoms with van der Waals surface area (Å²) >= 11 is 1.84. The Balaban J connectivity index is 2.26. The Morgan fingerprint density at radius 1 is 1.43 bits per heavy atom. The predicted octanol–water partition coefficient (Wildman–Crippen LogP) is 3.75. The Bertz CT molecular complexity index is 461. The molecule has 1 fully saturated rings. The maximum atomic E-state index is 5.01. The second-order valence-corrected chi connectivity index (χ2v) is 8.47. The number of nitrogens with one attached hydrogen (secondary N) is 1. The zero-order valence-corrected chi connectivity index (χ0v) is 15.3. The molecule has 1 N–H and O–H groups in total. The number of rotatable bonds is 5. The van der Waals surface area contributed by atoms with E-state index in [-0.39, 0.29) is 11.0 Å². The maximum Gasteiger partial charge on any atom is 0.114 e. The van der Waals surface area contributed by atoms with Crippen LogP contribution in [0, 0.1) is 0 Å². The van der Waals surface area contributed by atoms with E-state index in [1.54, 1.807) is 0 Å². The van der Waals surface area contributed by atoms with Crippen molar-refractivity contribution in [2.75, 3.05) is 19.6 Å². The van der Waals surface area contributed by atoms with E-state index in [2.05, 4.69) is 57.1 Å². The van der Waals surface area contributed by atoms with E-state index in [9.17, 15) is 0 Å². The predicted molar refractivity (Wildman–Crippen MR) is 92.1 cm³/mol. The molecule has 0 amide bonds. The molecule has 1 saturated heterocycles. The number of likely N-dealkylation sites (tertiary alicyclic amines) is 1. The lowest BCUT2D eigenvalue weighted by atomic mass is 9.93. The summed E-state index contributed by atoms with van der Waals surface area (Å²) in [5.74, 6) is 0. The van der Waals surface area contributed by atoms with Gasteiger partial charge in [0.15, 0.2) is 0 Å². The van der Waals surface area contributed by atoms with Crippen LogP contribution >= 0.6 is 11.3 Å². The molecule has 0 bridgehead atoms. The van der Waals surface area contributed by atoms with E-state index in [1.807, 2.05) is 11.3 Å². The molecule has 1 aromatic heterocycles. The van der Waals surface area contributed by atoms with Gasteiger partial charge in [-0.2, -0.15) is 0 Å². The van der Waals surface area contributed by atoms with Crippen molar-refractivity contribution >= 4 is 11.3 Å². The molecule has 1 aliphatic heterocycles. The molecule has 21 heavy (non-hydrogen) atoms. The number of nitrogens with zero attached hydrogens (tertiary/aromatic N) is 2. The average molecular weight is 310 g/mol. The first-order chi connectivity index (χ1) is 9.78. The Kier molecular flexibility index (Phi) is 5.11. The van der Waals surface area contributed by atoms with E-state index in [0.29, 0.717) is 6.04 Å². The van der Waals surface area contributed by atoms with E-state index < -0.39 is 0 Å². The highest BCUT2D eigenvalue weighted by molar-refractivity contribution is 7.09. The first-order valence-electron chi connectivity index (χ1n) is 8.24. The zero-order chi connectivity index (χ0) is 15.7. The van der Waals surface area contributed by atoms with Crippen LogP contribution in [0.25, 0.3) is 0 Å². The minimum absolute atomic E-state index is 0.0639. The van der Waals surface area contributed by atoms with Crippen molar-refractivity contribution in [2.24, 2.45) is 0 Å². The second-order valence-electron chi connectivity index (χ2n) is 7.61. The third-order valence-electron chi connectivity index (χ3n) is 4.42. The fourth-order valence-electron chi connectivity index (χ4n) is 2.88. The van der Waals surface area contributed by atoms with Gasteiger partial charge in [0.05, 0.1) is 11.2 Å². The van der Waals surface area contributed by atoms with Gasteiger partial charge < -0.3 is 5.32 Å². The molecule has 2 rings (SSSR count). The molecule has 4 heteroatoms. The highest BCUT2D eigenvalue weighted by Crippen LogP contribution is 2.36. The molecular formula is C17H31N3S. The number of hydrogen-bond donors (Lipinski definition) is 1. The van der Waals surface area contributed by atoms with Gasteiger partial charge in [-0.15, -0.1) is 11.3 Å². The van der Waals surface area contributed by atoms with E-state index in [0.717, 1.165) is 13.1 Å². The number of thiazole rings is 1. The lowest BCUT2D eigenvalue weighted by molar-refractivity contribution is 0.239. The summed E-state index contributed by atoms with van der Waals surface area (Å²) in [6, 6.07) is 0.609. The Morgan fingerprint density at radius 3 is 2.62 bits per heavy atom. The van der Waals surface area contributed by atoms with Gasteiger partial charge in [-0.25, -0.2) is 4.98 Å². The minimum atomic E-state index is 0.0639. The quantitative estimate of drug-likeness (QED) is 0.898. The van der Waals surface area contributed by atoms with Crippen LogP contribution in [0.1, 0.15) is 65.1 Å². The van der Waals surface area contributed by atoms with Gasteiger partial charge in [0, 0.05) is 29.9 Å². The van der Waals surface area contributed by atoms with Crippen molar-refractivity contribution < 1.29 is 0 Å². The smallest absolute Gasteiger partial charge is 0.114 e. The Hall–Kier alpha value is -0.450. The first kappa shape index (κ1) is 16.9. The monoisotopic (exact) mass is 309 g/mol. The molecule has 120 valence electrons. The van der Waals surface area contributed by atoms with Crippen molar-refractivity contribution in [3.63, 3.8) is 0 Å². The number of aromatic nitrogens is 1. The van der Waals surface area contributed by atoms with Crippen LogP contribution < -0.4 is 5.32 Å². The molecular weight excluding hydrogens is 278 g/mol. The summed E-state index contributed by atoms with van der Waals surface area (Å²) in [6.45, 7) is 16.9. The van der Waals surface area contributed by atoms with Gasteiger partial charge in [0.25, 0.3) is 0 Å². The Labute approximate surface area is 134 Å². The highest BCUT2D eigenvalue weighted by atomic mass is 32.1. The van der Waals surface area contributed by atoms with Crippen LogP contribution in [0.3, 0.4) is 0 Å². The van der Waals surface area contributed by atoms with Gasteiger partial charge >= 0.3 is 0 Å². The van der Waals surface area contributed by atoms with Crippen LogP contribution in [-0.2, 0) is 11.0 Å². The highest BCUT2D eigenvalue weighted by Gasteiger charge is 2.42. The fourth-order valence-corrected chi connectivity index (χ4v) is 4.12. The van der Waals surface area contributed by atoms with Gasteiger partial charge in [0.1, 0.15) is 5.01 Å². The van der Waals surface area contributed by atoms with Crippen LogP contribution in [-0.4, -0.2) is 35.6 Å². The molecule has 2 heterocycles. The summed E-state index contributed by atoms with van der Waals surface area (Å²) in [6.07, 6.45) is 2.34. The second kappa shape index (κ2) is 6.35. The fraction of sp³-hybridized carbons (Fsp3) is 0.824. The van der Waals surface area contributed by atoms with Crippen LogP contribution in [0.15, 0.2) is 5.38 Å².